The van der Waals surface area contributed by atoms with Crippen LogP contribution in [0.2, 0.25) is 0 Å². The number of ether oxygens (including phenoxy) is 1. The zero-order valence-corrected chi connectivity index (χ0v) is 16.0. The minimum Gasteiger partial charge on any atom is -0.491 e. The van der Waals surface area contributed by atoms with Crippen molar-refractivity contribution in [2.75, 3.05) is 20.2 Å². The fraction of sp³-hybridized carbons (Fsp3) is 0.333. The summed E-state index contributed by atoms with van der Waals surface area (Å²) >= 11 is 0. The smallest absolute Gasteiger partial charge is 0.138 e. The maximum atomic E-state index is 10.3. The normalized spacial score (nSPS) is 13.5. The van der Waals surface area contributed by atoms with Crippen LogP contribution in [0.3, 0.4) is 0 Å². The molecule has 0 unspecified atom stereocenters. The molecule has 2 aromatic carbocycles. The Balaban J connectivity index is 1.51. The Morgan fingerprint density at radius 1 is 1.11 bits per heavy atom. The van der Waals surface area contributed by atoms with Gasteiger partial charge in [0.1, 0.15) is 31.1 Å². The Kier molecular flexibility index (Phi) is 6.21. The lowest BCUT2D eigenvalue weighted by Crippen LogP contribution is -2.34. The monoisotopic (exact) mass is 366 g/mol. The lowest BCUT2D eigenvalue weighted by atomic mass is 10.1. The predicted octanol–water partition coefficient (Wildman–Crippen LogP) is 3.01. The van der Waals surface area contributed by atoms with E-state index >= 15 is 0 Å². The number of hydrogen-bond acceptors (Lipinski definition) is 5. The number of aliphatic hydroxyl groups excluding tert-OH is 1. The molecular weight excluding hydrogens is 340 g/mol. The standard InChI is InChI=1S/C21H26N4O2/c1-16-4-10-21(11-5-16)27-13-20(26)12-24(3)17(2)18-6-8-19(9-7-18)25-15-22-14-23-25/h4-11,14-15,17,20,26H,12-13H2,1-3H3/t17-,20+/m0/s1. The predicted molar refractivity (Wildman–Crippen MR) is 105 cm³/mol. The SMILES string of the molecule is Cc1ccc(OC[C@H](O)CN(C)[C@@H](C)c2ccc(-n3cncn3)cc2)cc1. The van der Waals surface area contributed by atoms with E-state index in [0.717, 1.165) is 11.4 Å². The highest BCUT2D eigenvalue weighted by molar-refractivity contribution is 5.34. The van der Waals surface area contributed by atoms with Gasteiger partial charge in [0.25, 0.3) is 0 Å². The van der Waals surface area contributed by atoms with Gasteiger partial charge in [-0.15, -0.1) is 0 Å². The second-order valence-electron chi connectivity index (χ2n) is 6.83. The van der Waals surface area contributed by atoms with Crippen molar-refractivity contribution in [3.63, 3.8) is 0 Å². The van der Waals surface area contributed by atoms with Gasteiger partial charge in [-0.2, -0.15) is 5.10 Å². The van der Waals surface area contributed by atoms with Crippen molar-refractivity contribution in [3.05, 3.63) is 72.3 Å². The Morgan fingerprint density at radius 2 is 1.81 bits per heavy atom. The summed E-state index contributed by atoms with van der Waals surface area (Å²) in [5.74, 6) is 0.777. The fourth-order valence-corrected chi connectivity index (χ4v) is 2.87. The average Bonchev–Trinajstić information content (AvgIpc) is 3.22. The molecule has 0 fully saturated rings. The number of hydrogen-bond donors (Lipinski definition) is 1. The molecule has 0 amide bonds. The van der Waals surface area contributed by atoms with Gasteiger partial charge in [-0.1, -0.05) is 29.8 Å². The molecular formula is C21H26N4O2. The summed E-state index contributed by atoms with van der Waals surface area (Å²) in [6.07, 6.45) is 2.63. The van der Waals surface area contributed by atoms with Gasteiger partial charge in [0, 0.05) is 12.6 Å². The summed E-state index contributed by atoms with van der Waals surface area (Å²) in [4.78, 5) is 6.08. The number of aliphatic hydroxyl groups is 1. The van der Waals surface area contributed by atoms with Crippen LogP contribution in [0.1, 0.15) is 24.1 Å². The molecule has 1 aromatic heterocycles. The molecule has 3 rings (SSSR count). The number of likely N-dealkylation sites (N-methyl/N-ethyl adjacent to an activating group) is 1. The van der Waals surface area contributed by atoms with Crippen LogP contribution in [0, 0.1) is 6.92 Å². The Hall–Kier alpha value is -2.70. The van der Waals surface area contributed by atoms with Gasteiger partial charge in [0.2, 0.25) is 0 Å². The van der Waals surface area contributed by atoms with E-state index in [1.807, 2.05) is 50.4 Å². The topological polar surface area (TPSA) is 63.4 Å². The first-order chi connectivity index (χ1) is 13.0. The fourth-order valence-electron chi connectivity index (χ4n) is 2.87. The summed E-state index contributed by atoms with van der Waals surface area (Å²) in [6, 6.07) is 16.2. The second kappa shape index (κ2) is 8.79. The van der Waals surface area contributed by atoms with E-state index in [0.29, 0.717) is 6.54 Å². The zero-order chi connectivity index (χ0) is 19.2. The van der Waals surface area contributed by atoms with Crippen molar-refractivity contribution in [1.82, 2.24) is 19.7 Å². The Bertz CT molecular complexity index is 816. The van der Waals surface area contributed by atoms with Crippen molar-refractivity contribution in [3.8, 4) is 11.4 Å². The first kappa shape index (κ1) is 19.1. The molecule has 1 N–H and O–H groups in total. The largest absolute Gasteiger partial charge is 0.491 e. The van der Waals surface area contributed by atoms with Gasteiger partial charge >= 0.3 is 0 Å². The maximum absolute atomic E-state index is 10.3. The molecule has 0 saturated carbocycles. The van der Waals surface area contributed by atoms with E-state index in [9.17, 15) is 5.11 Å². The summed E-state index contributed by atoms with van der Waals surface area (Å²) in [6.45, 7) is 4.95. The summed E-state index contributed by atoms with van der Waals surface area (Å²) in [7, 11) is 2.01. The van der Waals surface area contributed by atoms with Crippen LogP contribution in [0.5, 0.6) is 5.75 Å². The molecule has 0 radical (unpaired) electrons. The molecule has 0 aliphatic rings. The van der Waals surface area contributed by atoms with E-state index in [2.05, 4.69) is 34.0 Å². The zero-order valence-electron chi connectivity index (χ0n) is 16.0. The molecule has 6 heteroatoms. The van der Waals surface area contributed by atoms with Crippen molar-refractivity contribution < 1.29 is 9.84 Å². The number of aryl methyl sites for hydroxylation is 1. The van der Waals surface area contributed by atoms with Gasteiger partial charge in [-0.05, 0) is 50.7 Å². The quantitative estimate of drug-likeness (QED) is 0.664. The van der Waals surface area contributed by atoms with Crippen molar-refractivity contribution in [2.24, 2.45) is 0 Å². The van der Waals surface area contributed by atoms with Crippen LogP contribution in [0.4, 0.5) is 0 Å². The lowest BCUT2D eigenvalue weighted by molar-refractivity contribution is 0.0654. The number of benzene rings is 2. The maximum Gasteiger partial charge on any atom is 0.138 e. The molecule has 0 spiro atoms. The van der Waals surface area contributed by atoms with Gasteiger partial charge in [-0.3, -0.25) is 4.90 Å². The molecule has 3 aromatic rings. The lowest BCUT2D eigenvalue weighted by Gasteiger charge is -2.27. The van der Waals surface area contributed by atoms with E-state index < -0.39 is 6.10 Å². The minimum atomic E-state index is -0.562. The van der Waals surface area contributed by atoms with Crippen molar-refractivity contribution in [2.45, 2.75) is 26.0 Å². The van der Waals surface area contributed by atoms with Crippen LogP contribution in [0.25, 0.3) is 5.69 Å². The second-order valence-corrected chi connectivity index (χ2v) is 6.83. The van der Waals surface area contributed by atoms with Crippen molar-refractivity contribution >= 4 is 0 Å². The highest BCUT2D eigenvalue weighted by atomic mass is 16.5. The highest BCUT2D eigenvalue weighted by Gasteiger charge is 2.16. The van der Waals surface area contributed by atoms with Crippen LogP contribution in [0.15, 0.2) is 61.2 Å². The molecule has 0 saturated heterocycles. The molecule has 0 bridgehead atoms. The molecule has 142 valence electrons. The van der Waals surface area contributed by atoms with Gasteiger partial charge in [0.15, 0.2) is 0 Å². The van der Waals surface area contributed by atoms with Crippen molar-refractivity contribution in [1.29, 1.82) is 0 Å². The Labute approximate surface area is 160 Å². The first-order valence-corrected chi connectivity index (χ1v) is 9.05. The number of nitrogens with zero attached hydrogens (tertiary/aromatic N) is 4. The van der Waals surface area contributed by atoms with E-state index in [1.165, 1.54) is 17.5 Å². The molecule has 2 atom stereocenters. The summed E-state index contributed by atoms with van der Waals surface area (Å²) in [5, 5.41) is 14.4. The minimum absolute atomic E-state index is 0.170. The average molecular weight is 366 g/mol. The molecule has 27 heavy (non-hydrogen) atoms. The third kappa shape index (κ3) is 5.15. The van der Waals surface area contributed by atoms with E-state index in [-0.39, 0.29) is 12.6 Å². The number of aromatic nitrogens is 3. The highest BCUT2D eigenvalue weighted by Crippen LogP contribution is 2.20. The van der Waals surface area contributed by atoms with E-state index in [4.69, 9.17) is 4.74 Å². The van der Waals surface area contributed by atoms with Crippen LogP contribution in [-0.2, 0) is 0 Å². The first-order valence-electron chi connectivity index (χ1n) is 9.05. The molecule has 0 aliphatic heterocycles. The third-order valence-corrected chi connectivity index (χ3v) is 4.68. The molecule has 1 heterocycles. The molecule has 6 nitrogen and oxygen atoms in total. The van der Waals surface area contributed by atoms with Gasteiger partial charge < -0.3 is 9.84 Å². The number of rotatable bonds is 8. The van der Waals surface area contributed by atoms with Gasteiger partial charge in [-0.25, -0.2) is 9.67 Å². The van der Waals surface area contributed by atoms with Crippen LogP contribution in [-0.4, -0.2) is 51.1 Å². The summed E-state index contributed by atoms with van der Waals surface area (Å²) < 4.78 is 7.40. The summed E-state index contributed by atoms with van der Waals surface area (Å²) in [5.41, 5.74) is 3.33. The van der Waals surface area contributed by atoms with Gasteiger partial charge in [0.05, 0.1) is 5.69 Å². The Morgan fingerprint density at radius 3 is 2.44 bits per heavy atom. The molecule has 0 aliphatic carbocycles. The third-order valence-electron chi connectivity index (χ3n) is 4.68. The van der Waals surface area contributed by atoms with Crippen LogP contribution >= 0.6 is 0 Å². The van der Waals surface area contributed by atoms with Crippen LogP contribution < -0.4 is 4.74 Å². The van der Waals surface area contributed by atoms with E-state index in [1.54, 1.807) is 11.0 Å².